The molecule has 0 amide bonds. The summed E-state index contributed by atoms with van der Waals surface area (Å²) < 4.78 is 2.04. The molecule has 1 aliphatic rings. The zero-order valence-corrected chi connectivity index (χ0v) is 5.75. The van der Waals surface area contributed by atoms with Crippen molar-refractivity contribution in [3.63, 3.8) is 0 Å². The fraction of sp³-hybridized carbons (Fsp3) is 0.600. The summed E-state index contributed by atoms with van der Waals surface area (Å²) in [4.78, 5) is 0. The molecule has 0 saturated carbocycles. The average Bonchev–Trinajstić information content (AvgIpc) is 2.22. The van der Waals surface area contributed by atoms with Crippen molar-refractivity contribution in [2.24, 2.45) is 0 Å². The minimum absolute atomic E-state index is 0.454. The summed E-state index contributed by atoms with van der Waals surface area (Å²) >= 11 is 4.31. The number of hydrogen-bond donors (Lipinski definition) is 1. The Balaban J connectivity index is 2.39. The number of thiol groups is 1. The third kappa shape index (κ3) is 0.738. The fourth-order valence-corrected chi connectivity index (χ4v) is 1.43. The topological polar surface area (TPSA) is 30.7 Å². The van der Waals surface area contributed by atoms with Crippen molar-refractivity contribution >= 4 is 12.6 Å². The molecule has 0 aliphatic carbocycles. The highest BCUT2D eigenvalue weighted by Crippen LogP contribution is 2.15. The van der Waals surface area contributed by atoms with Crippen LogP contribution >= 0.6 is 12.6 Å². The zero-order chi connectivity index (χ0) is 6.27. The van der Waals surface area contributed by atoms with Crippen LogP contribution in [0.4, 0.5) is 0 Å². The van der Waals surface area contributed by atoms with E-state index in [-0.39, 0.29) is 0 Å². The van der Waals surface area contributed by atoms with Crippen LogP contribution in [0.5, 0.6) is 0 Å². The molecule has 9 heavy (non-hydrogen) atoms. The third-order valence-electron chi connectivity index (χ3n) is 1.52. The highest BCUT2D eigenvalue weighted by atomic mass is 32.1. The van der Waals surface area contributed by atoms with Crippen molar-refractivity contribution in [3.8, 4) is 0 Å². The van der Waals surface area contributed by atoms with Crippen molar-refractivity contribution in [1.29, 1.82) is 0 Å². The monoisotopic (exact) mass is 141 g/mol. The summed E-state index contributed by atoms with van der Waals surface area (Å²) in [5.41, 5.74) is 0. The summed E-state index contributed by atoms with van der Waals surface area (Å²) in [6.07, 6.45) is 2.72. The fourth-order valence-electron chi connectivity index (χ4n) is 1.09. The molecular weight excluding hydrogens is 134 g/mol. The Kier molecular flexibility index (Phi) is 1.02. The smallest absolute Gasteiger partial charge is 0.133 e. The van der Waals surface area contributed by atoms with Gasteiger partial charge in [0.1, 0.15) is 12.2 Å². The van der Waals surface area contributed by atoms with E-state index in [0.717, 1.165) is 18.8 Å². The Hall–Kier alpha value is -0.510. The van der Waals surface area contributed by atoms with Gasteiger partial charge in [0.05, 0.1) is 0 Å². The lowest BCUT2D eigenvalue weighted by Crippen LogP contribution is -1.99. The maximum Gasteiger partial charge on any atom is 0.133 e. The van der Waals surface area contributed by atoms with E-state index in [1.807, 2.05) is 4.57 Å². The van der Waals surface area contributed by atoms with Gasteiger partial charge in [-0.2, -0.15) is 12.6 Å². The number of hydrogen-bond acceptors (Lipinski definition) is 3. The largest absolute Gasteiger partial charge is 0.316 e. The van der Waals surface area contributed by atoms with Crippen LogP contribution in [-0.4, -0.2) is 20.0 Å². The van der Waals surface area contributed by atoms with E-state index >= 15 is 0 Å². The van der Waals surface area contributed by atoms with Gasteiger partial charge in [0.15, 0.2) is 0 Å². The molecule has 0 saturated heterocycles. The second-order valence-corrected chi connectivity index (χ2v) is 2.99. The molecule has 48 valence electrons. The molecule has 4 heteroatoms. The summed E-state index contributed by atoms with van der Waals surface area (Å²) in [6, 6.07) is 0. The van der Waals surface area contributed by atoms with Crippen molar-refractivity contribution in [3.05, 3.63) is 12.2 Å². The quantitative estimate of drug-likeness (QED) is 0.521. The lowest BCUT2D eigenvalue weighted by Gasteiger charge is -1.93. The maximum absolute atomic E-state index is 4.31. The van der Waals surface area contributed by atoms with Gasteiger partial charge in [-0.3, -0.25) is 0 Å². The molecule has 1 aromatic heterocycles. The predicted molar refractivity (Wildman–Crippen MR) is 36.5 cm³/mol. The summed E-state index contributed by atoms with van der Waals surface area (Å²) in [6.45, 7) is 0.964. The van der Waals surface area contributed by atoms with Crippen molar-refractivity contribution in [2.45, 2.75) is 18.2 Å². The van der Waals surface area contributed by atoms with Gasteiger partial charge in [0.2, 0.25) is 0 Å². The van der Waals surface area contributed by atoms with Crippen LogP contribution in [0.1, 0.15) is 5.82 Å². The van der Waals surface area contributed by atoms with Gasteiger partial charge in [-0.1, -0.05) is 0 Å². The molecule has 0 bridgehead atoms. The first-order chi connectivity index (χ1) is 4.36. The molecule has 3 nitrogen and oxygen atoms in total. The summed E-state index contributed by atoms with van der Waals surface area (Å²) in [7, 11) is 0. The van der Waals surface area contributed by atoms with Crippen molar-refractivity contribution in [2.75, 3.05) is 0 Å². The highest BCUT2D eigenvalue weighted by molar-refractivity contribution is 7.80. The number of fused-ring (bicyclic) bond motifs is 1. The standard InChI is InChI=1S/C5H7N3S/c9-4-1-5-7-6-3-8(5)2-4/h3-4,9H,1-2H2. The van der Waals surface area contributed by atoms with E-state index in [2.05, 4.69) is 22.8 Å². The number of nitrogens with zero attached hydrogens (tertiary/aromatic N) is 3. The second kappa shape index (κ2) is 1.73. The van der Waals surface area contributed by atoms with Crippen LogP contribution in [-0.2, 0) is 13.0 Å². The Morgan fingerprint density at radius 2 is 2.67 bits per heavy atom. The van der Waals surface area contributed by atoms with Gasteiger partial charge in [-0.25, -0.2) is 0 Å². The third-order valence-corrected chi connectivity index (χ3v) is 1.87. The Morgan fingerprint density at radius 1 is 1.78 bits per heavy atom. The first kappa shape index (κ1) is 5.29. The van der Waals surface area contributed by atoms with Crippen LogP contribution in [0.15, 0.2) is 6.33 Å². The van der Waals surface area contributed by atoms with Crippen LogP contribution in [0.2, 0.25) is 0 Å². The summed E-state index contributed by atoms with van der Waals surface area (Å²) in [5, 5.41) is 8.12. The Bertz CT molecular complexity index is 199. The minimum Gasteiger partial charge on any atom is -0.316 e. The van der Waals surface area contributed by atoms with Crippen molar-refractivity contribution in [1.82, 2.24) is 14.8 Å². The van der Waals surface area contributed by atoms with E-state index in [1.54, 1.807) is 6.33 Å². The van der Waals surface area contributed by atoms with Gasteiger partial charge in [0.25, 0.3) is 0 Å². The predicted octanol–water partition coefficient (Wildman–Crippen LogP) is 0.133. The lowest BCUT2D eigenvalue weighted by molar-refractivity contribution is 0.756. The Labute approximate surface area is 58.5 Å². The molecule has 0 fully saturated rings. The molecule has 1 atom stereocenters. The van der Waals surface area contributed by atoms with Gasteiger partial charge in [-0.15, -0.1) is 10.2 Å². The maximum atomic E-state index is 4.31. The minimum atomic E-state index is 0.454. The van der Waals surface area contributed by atoms with E-state index < -0.39 is 0 Å². The zero-order valence-electron chi connectivity index (χ0n) is 4.86. The van der Waals surface area contributed by atoms with Gasteiger partial charge in [-0.05, 0) is 0 Å². The average molecular weight is 141 g/mol. The molecule has 2 rings (SSSR count). The lowest BCUT2D eigenvalue weighted by atomic mass is 10.3. The first-order valence-electron chi connectivity index (χ1n) is 2.91. The normalized spacial score (nSPS) is 24.3. The van der Waals surface area contributed by atoms with Crippen LogP contribution < -0.4 is 0 Å². The van der Waals surface area contributed by atoms with E-state index in [0.29, 0.717) is 5.25 Å². The van der Waals surface area contributed by atoms with Crippen LogP contribution in [0.3, 0.4) is 0 Å². The van der Waals surface area contributed by atoms with E-state index in [4.69, 9.17) is 0 Å². The number of aromatic nitrogens is 3. The van der Waals surface area contributed by atoms with E-state index in [1.165, 1.54) is 0 Å². The summed E-state index contributed by atoms with van der Waals surface area (Å²) in [5.74, 6) is 1.06. The molecule has 0 spiro atoms. The van der Waals surface area contributed by atoms with E-state index in [9.17, 15) is 0 Å². The van der Waals surface area contributed by atoms with Gasteiger partial charge in [0, 0.05) is 18.2 Å². The molecule has 0 aromatic carbocycles. The van der Waals surface area contributed by atoms with Crippen LogP contribution in [0, 0.1) is 0 Å². The molecule has 1 aliphatic heterocycles. The molecule has 2 heterocycles. The number of rotatable bonds is 0. The Morgan fingerprint density at radius 3 is 3.44 bits per heavy atom. The second-order valence-electron chi connectivity index (χ2n) is 2.26. The van der Waals surface area contributed by atoms with Gasteiger partial charge < -0.3 is 4.57 Å². The highest BCUT2D eigenvalue weighted by Gasteiger charge is 2.18. The molecule has 1 aromatic rings. The molecule has 0 radical (unpaired) electrons. The van der Waals surface area contributed by atoms with Crippen molar-refractivity contribution < 1.29 is 0 Å². The SMILES string of the molecule is SC1Cc2nncn2C1. The molecule has 1 unspecified atom stereocenters. The van der Waals surface area contributed by atoms with Crippen LogP contribution in [0.25, 0.3) is 0 Å². The first-order valence-corrected chi connectivity index (χ1v) is 3.42. The molecule has 0 N–H and O–H groups in total. The van der Waals surface area contributed by atoms with Gasteiger partial charge >= 0.3 is 0 Å². The molecular formula is C5H7N3S.